The first-order valence-corrected chi connectivity index (χ1v) is 11.9. The highest BCUT2D eigenvalue weighted by atomic mass is 127. The first kappa shape index (κ1) is 25.0. The van der Waals surface area contributed by atoms with E-state index in [1.165, 1.54) is 36.2 Å². The third-order valence-corrected chi connectivity index (χ3v) is 6.42. The van der Waals surface area contributed by atoms with Gasteiger partial charge < -0.3 is 14.8 Å². The Hall–Kier alpha value is -1.68. The van der Waals surface area contributed by atoms with Gasteiger partial charge in [0.25, 0.3) is 0 Å². The van der Waals surface area contributed by atoms with Crippen molar-refractivity contribution < 1.29 is 0 Å². The number of rotatable bonds is 6. The van der Waals surface area contributed by atoms with Crippen molar-refractivity contribution in [2.45, 2.75) is 58.5 Å². The molecule has 7 nitrogen and oxygen atoms in total. The van der Waals surface area contributed by atoms with E-state index in [0.717, 1.165) is 76.9 Å². The molecule has 1 saturated heterocycles. The summed E-state index contributed by atoms with van der Waals surface area (Å²) < 4.78 is 2.36. The number of aromatic nitrogens is 3. The fourth-order valence-electron chi connectivity index (χ4n) is 4.70. The van der Waals surface area contributed by atoms with E-state index in [4.69, 9.17) is 0 Å². The van der Waals surface area contributed by atoms with Crippen LogP contribution < -0.4 is 5.32 Å². The van der Waals surface area contributed by atoms with Gasteiger partial charge >= 0.3 is 0 Å². The van der Waals surface area contributed by atoms with E-state index in [1.54, 1.807) is 0 Å². The first-order valence-electron chi connectivity index (χ1n) is 11.9. The molecule has 1 fully saturated rings. The lowest BCUT2D eigenvalue weighted by atomic mass is 10.1. The minimum Gasteiger partial charge on any atom is -0.356 e. The molecule has 1 N–H and O–H groups in total. The van der Waals surface area contributed by atoms with E-state index in [-0.39, 0.29) is 24.0 Å². The van der Waals surface area contributed by atoms with Crippen molar-refractivity contribution in [3.8, 4) is 0 Å². The van der Waals surface area contributed by atoms with E-state index in [0.29, 0.717) is 0 Å². The van der Waals surface area contributed by atoms with Crippen molar-refractivity contribution in [1.82, 2.24) is 29.9 Å². The SMILES string of the molecule is CN=C(NCCCc1nnc2n1CCCCC2)N1CCN(Cc2cccc(C)c2)CC1.I. The Balaban J connectivity index is 0.00000289. The van der Waals surface area contributed by atoms with Crippen LogP contribution in [0.1, 0.15) is 48.5 Å². The summed E-state index contributed by atoms with van der Waals surface area (Å²) in [6, 6.07) is 8.84. The zero-order valence-electron chi connectivity index (χ0n) is 19.6. The smallest absolute Gasteiger partial charge is 0.193 e. The van der Waals surface area contributed by atoms with Crippen LogP contribution in [-0.2, 0) is 25.9 Å². The minimum atomic E-state index is 0. The summed E-state index contributed by atoms with van der Waals surface area (Å²) in [5.74, 6) is 3.36. The van der Waals surface area contributed by atoms with Crippen molar-refractivity contribution in [2.24, 2.45) is 4.99 Å². The molecule has 2 aliphatic heterocycles. The molecule has 2 aromatic rings. The Bertz CT molecular complexity index is 871. The normalized spacial score (nSPS) is 17.4. The van der Waals surface area contributed by atoms with Gasteiger partial charge in [0, 0.05) is 65.7 Å². The van der Waals surface area contributed by atoms with Crippen molar-refractivity contribution >= 4 is 29.9 Å². The molecule has 4 rings (SSSR count). The molecule has 0 unspecified atom stereocenters. The fourth-order valence-corrected chi connectivity index (χ4v) is 4.70. The maximum absolute atomic E-state index is 4.53. The molecule has 1 aromatic heterocycles. The third-order valence-electron chi connectivity index (χ3n) is 6.42. The zero-order valence-corrected chi connectivity index (χ0v) is 21.9. The molecule has 0 aliphatic carbocycles. The van der Waals surface area contributed by atoms with Crippen LogP contribution in [0.3, 0.4) is 0 Å². The summed E-state index contributed by atoms with van der Waals surface area (Å²) in [6.07, 6.45) is 6.89. The van der Waals surface area contributed by atoms with Crippen LogP contribution in [0.25, 0.3) is 0 Å². The van der Waals surface area contributed by atoms with Gasteiger partial charge in [0.2, 0.25) is 0 Å². The predicted octanol–water partition coefficient (Wildman–Crippen LogP) is 3.26. The summed E-state index contributed by atoms with van der Waals surface area (Å²) in [4.78, 5) is 9.45. The van der Waals surface area contributed by atoms with Gasteiger partial charge in [-0.3, -0.25) is 9.89 Å². The Morgan fingerprint density at radius 1 is 1.06 bits per heavy atom. The van der Waals surface area contributed by atoms with Crippen molar-refractivity contribution in [1.29, 1.82) is 0 Å². The Labute approximate surface area is 209 Å². The maximum Gasteiger partial charge on any atom is 0.193 e. The van der Waals surface area contributed by atoms with Crippen molar-refractivity contribution in [3.05, 3.63) is 47.0 Å². The summed E-state index contributed by atoms with van der Waals surface area (Å²) >= 11 is 0. The highest BCUT2D eigenvalue weighted by Crippen LogP contribution is 2.15. The molecule has 0 spiro atoms. The summed E-state index contributed by atoms with van der Waals surface area (Å²) in [6.45, 7) is 9.37. The number of fused-ring (bicyclic) bond motifs is 1. The number of piperazine rings is 1. The quantitative estimate of drug-likeness (QED) is 0.259. The van der Waals surface area contributed by atoms with Crippen LogP contribution in [0.5, 0.6) is 0 Å². The molecule has 3 heterocycles. The van der Waals surface area contributed by atoms with Gasteiger partial charge in [-0.2, -0.15) is 0 Å². The first-order chi connectivity index (χ1) is 15.2. The van der Waals surface area contributed by atoms with Crippen molar-refractivity contribution in [3.63, 3.8) is 0 Å². The van der Waals surface area contributed by atoms with Crippen LogP contribution >= 0.6 is 24.0 Å². The number of aliphatic imine (C=N–C) groups is 1. The monoisotopic (exact) mass is 551 g/mol. The van der Waals surface area contributed by atoms with Crippen molar-refractivity contribution in [2.75, 3.05) is 39.8 Å². The van der Waals surface area contributed by atoms with Gasteiger partial charge in [0.05, 0.1) is 0 Å². The second kappa shape index (κ2) is 12.5. The number of benzene rings is 1. The largest absolute Gasteiger partial charge is 0.356 e. The van der Waals surface area contributed by atoms with Crippen LogP contribution in [-0.4, -0.2) is 70.3 Å². The Morgan fingerprint density at radius 3 is 2.69 bits per heavy atom. The van der Waals surface area contributed by atoms with E-state index in [9.17, 15) is 0 Å². The number of nitrogens with zero attached hydrogens (tertiary/aromatic N) is 6. The Kier molecular flexibility index (Phi) is 9.77. The van der Waals surface area contributed by atoms with E-state index < -0.39 is 0 Å². The second-order valence-electron chi connectivity index (χ2n) is 8.82. The molecule has 2 aliphatic rings. The number of aryl methyl sites for hydroxylation is 3. The molecule has 8 heteroatoms. The predicted molar refractivity (Wildman–Crippen MR) is 141 cm³/mol. The zero-order chi connectivity index (χ0) is 21.5. The average Bonchev–Trinajstić information content (AvgIpc) is 3.00. The molecule has 0 saturated carbocycles. The van der Waals surface area contributed by atoms with Crippen LogP contribution in [0.4, 0.5) is 0 Å². The molecule has 0 amide bonds. The van der Waals surface area contributed by atoms with Crippen LogP contribution in [0, 0.1) is 6.92 Å². The van der Waals surface area contributed by atoms with Gasteiger partial charge in [-0.1, -0.05) is 36.2 Å². The number of nitrogens with one attached hydrogen (secondary N) is 1. The lowest BCUT2D eigenvalue weighted by Crippen LogP contribution is -2.52. The molecule has 1 aromatic carbocycles. The molecule has 32 heavy (non-hydrogen) atoms. The Morgan fingerprint density at radius 2 is 1.91 bits per heavy atom. The lowest BCUT2D eigenvalue weighted by molar-refractivity contribution is 0.172. The third kappa shape index (κ3) is 6.66. The van der Waals surface area contributed by atoms with E-state index >= 15 is 0 Å². The average molecular weight is 552 g/mol. The highest BCUT2D eigenvalue weighted by molar-refractivity contribution is 14.0. The number of hydrogen-bond acceptors (Lipinski definition) is 4. The van der Waals surface area contributed by atoms with Crippen LogP contribution in [0.15, 0.2) is 29.3 Å². The number of halogens is 1. The number of hydrogen-bond donors (Lipinski definition) is 1. The van der Waals surface area contributed by atoms with Gasteiger partial charge in [-0.25, -0.2) is 0 Å². The molecule has 176 valence electrons. The molecular weight excluding hydrogens is 513 g/mol. The summed E-state index contributed by atoms with van der Waals surface area (Å²) in [7, 11) is 1.89. The highest BCUT2D eigenvalue weighted by Gasteiger charge is 2.20. The standard InChI is InChI=1S/C24H37N7.HI/c1-20-8-6-9-21(18-20)19-29-14-16-30(17-15-29)24(25-2)26-12-7-11-23-28-27-22-10-4-3-5-13-31(22)23;/h6,8-9,18H,3-5,7,10-17,19H2,1-2H3,(H,25,26);1H. The fraction of sp³-hybridized carbons (Fsp3) is 0.625. The van der Waals surface area contributed by atoms with Crippen LogP contribution in [0.2, 0.25) is 0 Å². The molecular formula is C24H38IN7. The minimum absolute atomic E-state index is 0. The topological polar surface area (TPSA) is 61.6 Å². The number of guanidine groups is 1. The summed E-state index contributed by atoms with van der Waals surface area (Å²) in [5.41, 5.74) is 2.74. The van der Waals surface area contributed by atoms with E-state index in [2.05, 4.69) is 66.1 Å². The second-order valence-corrected chi connectivity index (χ2v) is 8.82. The lowest BCUT2D eigenvalue weighted by Gasteiger charge is -2.36. The van der Waals surface area contributed by atoms with E-state index in [1.807, 2.05) is 7.05 Å². The molecule has 0 radical (unpaired) electrons. The molecule has 0 bridgehead atoms. The van der Waals surface area contributed by atoms with Gasteiger partial charge in [0.1, 0.15) is 11.6 Å². The van der Waals surface area contributed by atoms with Gasteiger partial charge in [0.15, 0.2) is 5.96 Å². The molecule has 0 atom stereocenters. The summed E-state index contributed by atoms with van der Waals surface area (Å²) in [5, 5.41) is 12.4. The van der Waals surface area contributed by atoms with Gasteiger partial charge in [-0.15, -0.1) is 34.2 Å². The van der Waals surface area contributed by atoms with Gasteiger partial charge in [-0.05, 0) is 31.7 Å². The maximum atomic E-state index is 4.53.